The molecule has 21 heavy (non-hydrogen) atoms. The molecule has 6 nitrogen and oxygen atoms in total. The largest absolute Gasteiger partial charge is 0.345 e. The zero-order valence-corrected chi connectivity index (χ0v) is 11.9. The van der Waals surface area contributed by atoms with E-state index in [2.05, 4.69) is 23.1 Å². The Morgan fingerprint density at radius 2 is 1.71 bits per heavy atom. The smallest absolute Gasteiger partial charge is 0.327 e. The molecule has 0 aliphatic heterocycles. The molecule has 112 valence electrons. The summed E-state index contributed by atoms with van der Waals surface area (Å²) >= 11 is 0. The van der Waals surface area contributed by atoms with Gasteiger partial charge in [-0.1, -0.05) is 25.5 Å². The van der Waals surface area contributed by atoms with Gasteiger partial charge in [0.1, 0.15) is 0 Å². The standard InChI is InChI=1S/C15H19N3O3/c1-2-3-10-4-6-11(7-5-10)13(19)17-18-15(21)14(20)16-12-8-9-12/h4-7,12H,2-3,8-9H2,1H3,(H,16,20)(H,17,19)(H,18,21). The molecule has 0 aromatic heterocycles. The summed E-state index contributed by atoms with van der Waals surface area (Å²) in [7, 11) is 0. The van der Waals surface area contributed by atoms with Crippen LogP contribution in [0.25, 0.3) is 0 Å². The lowest BCUT2D eigenvalue weighted by atomic mass is 10.1. The van der Waals surface area contributed by atoms with Gasteiger partial charge in [0.2, 0.25) is 0 Å². The van der Waals surface area contributed by atoms with Gasteiger partial charge in [-0.3, -0.25) is 25.2 Å². The van der Waals surface area contributed by atoms with Crippen LogP contribution in [-0.2, 0) is 16.0 Å². The number of hydrazine groups is 1. The first kappa shape index (κ1) is 15.0. The Balaban J connectivity index is 1.80. The van der Waals surface area contributed by atoms with Crippen molar-refractivity contribution in [1.82, 2.24) is 16.2 Å². The van der Waals surface area contributed by atoms with Crippen LogP contribution in [-0.4, -0.2) is 23.8 Å². The van der Waals surface area contributed by atoms with E-state index >= 15 is 0 Å². The second-order valence-electron chi connectivity index (χ2n) is 5.10. The monoisotopic (exact) mass is 289 g/mol. The van der Waals surface area contributed by atoms with Crippen molar-refractivity contribution in [1.29, 1.82) is 0 Å². The van der Waals surface area contributed by atoms with Crippen molar-refractivity contribution < 1.29 is 14.4 Å². The van der Waals surface area contributed by atoms with E-state index in [0.29, 0.717) is 5.56 Å². The second-order valence-corrected chi connectivity index (χ2v) is 5.10. The summed E-state index contributed by atoms with van der Waals surface area (Å²) in [5.41, 5.74) is 5.91. The van der Waals surface area contributed by atoms with E-state index in [1.165, 1.54) is 0 Å². The minimum Gasteiger partial charge on any atom is -0.345 e. The maximum atomic E-state index is 11.8. The van der Waals surface area contributed by atoms with Crippen molar-refractivity contribution in [2.45, 2.75) is 38.6 Å². The summed E-state index contributed by atoms with van der Waals surface area (Å²) in [6.07, 6.45) is 3.79. The summed E-state index contributed by atoms with van der Waals surface area (Å²) in [6, 6.07) is 7.23. The van der Waals surface area contributed by atoms with Crippen molar-refractivity contribution >= 4 is 17.7 Å². The van der Waals surface area contributed by atoms with E-state index in [-0.39, 0.29) is 6.04 Å². The van der Waals surface area contributed by atoms with Crippen LogP contribution in [0.5, 0.6) is 0 Å². The van der Waals surface area contributed by atoms with Gasteiger partial charge < -0.3 is 5.32 Å². The number of amides is 3. The minimum absolute atomic E-state index is 0.102. The first-order valence-corrected chi connectivity index (χ1v) is 7.10. The summed E-state index contributed by atoms with van der Waals surface area (Å²) in [5, 5.41) is 2.54. The molecule has 1 saturated carbocycles. The van der Waals surface area contributed by atoms with E-state index in [0.717, 1.165) is 31.2 Å². The molecule has 2 rings (SSSR count). The number of benzene rings is 1. The molecule has 0 unspecified atom stereocenters. The van der Waals surface area contributed by atoms with Crippen LogP contribution < -0.4 is 16.2 Å². The Labute approximate surface area is 123 Å². The molecule has 0 radical (unpaired) electrons. The fraction of sp³-hybridized carbons (Fsp3) is 0.400. The topological polar surface area (TPSA) is 87.3 Å². The molecule has 3 amide bonds. The lowest BCUT2D eigenvalue weighted by molar-refractivity contribution is -0.139. The molecule has 1 aliphatic carbocycles. The fourth-order valence-corrected chi connectivity index (χ4v) is 1.83. The summed E-state index contributed by atoms with van der Waals surface area (Å²) in [4.78, 5) is 34.6. The molecule has 3 N–H and O–H groups in total. The molecule has 0 saturated heterocycles. The van der Waals surface area contributed by atoms with Gasteiger partial charge in [-0.25, -0.2) is 0 Å². The highest BCUT2D eigenvalue weighted by Gasteiger charge is 2.26. The van der Waals surface area contributed by atoms with Crippen LogP contribution in [0.15, 0.2) is 24.3 Å². The van der Waals surface area contributed by atoms with Gasteiger partial charge in [-0.2, -0.15) is 0 Å². The van der Waals surface area contributed by atoms with Gasteiger partial charge in [0.15, 0.2) is 0 Å². The molecule has 1 aromatic carbocycles. The molecule has 1 aromatic rings. The van der Waals surface area contributed by atoms with E-state index in [4.69, 9.17) is 0 Å². The van der Waals surface area contributed by atoms with Crippen molar-refractivity contribution in [3.8, 4) is 0 Å². The lowest BCUT2D eigenvalue weighted by Gasteiger charge is -2.08. The maximum Gasteiger partial charge on any atom is 0.327 e. The summed E-state index contributed by atoms with van der Waals surface area (Å²) in [5.74, 6) is -2.04. The normalized spacial score (nSPS) is 13.4. The molecular weight excluding hydrogens is 270 g/mol. The van der Waals surface area contributed by atoms with Crippen molar-refractivity contribution in [2.75, 3.05) is 0 Å². The Morgan fingerprint density at radius 3 is 2.29 bits per heavy atom. The third kappa shape index (κ3) is 4.59. The number of nitrogens with one attached hydrogen (secondary N) is 3. The van der Waals surface area contributed by atoms with Crippen LogP contribution in [0, 0.1) is 0 Å². The molecule has 0 heterocycles. The highest BCUT2D eigenvalue weighted by atomic mass is 16.2. The van der Waals surface area contributed by atoms with Crippen LogP contribution in [0.4, 0.5) is 0 Å². The van der Waals surface area contributed by atoms with Gasteiger partial charge in [-0.05, 0) is 37.0 Å². The van der Waals surface area contributed by atoms with Crippen LogP contribution in [0.3, 0.4) is 0 Å². The van der Waals surface area contributed by atoms with Crippen molar-refractivity contribution in [3.05, 3.63) is 35.4 Å². The first-order chi connectivity index (χ1) is 10.1. The third-order valence-electron chi connectivity index (χ3n) is 3.16. The Bertz CT molecular complexity index is 536. The molecule has 0 bridgehead atoms. The average molecular weight is 289 g/mol. The van der Waals surface area contributed by atoms with Crippen LogP contribution in [0.2, 0.25) is 0 Å². The Hall–Kier alpha value is -2.37. The summed E-state index contributed by atoms with van der Waals surface area (Å²) in [6.45, 7) is 2.09. The number of carbonyl (C=O) groups is 3. The number of hydrogen-bond acceptors (Lipinski definition) is 3. The van der Waals surface area contributed by atoms with Gasteiger partial charge in [-0.15, -0.1) is 0 Å². The number of aryl methyl sites for hydroxylation is 1. The van der Waals surface area contributed by atoms with Gasteiger partial charge in [0, 0.05) is 11.6 Å². The SMILES string of the molecule is CCCc1ccc(C(=O)NNC(=O)C(=O)NC2CC2)cc1. The maximum absolute atomic E-state index is 11.8. The molecule has 0 spiro atoms. The average Bonchev–Trinajstić information content (AvgIpc) is 3.29. The highest BCUT2D eigenvalue weighted by molar-refractivity contribution is 6.35. The van der Waals surface area contributed by atoms with Crippen molar-refractivity contribution in [3.63, 3.8) is 0 Å². The molecule has 6 heteroatoms. The summed E-state index contributed by atoms with van der Waals surface area (Å²) < 4.78 is 0. The first-order valence-electron chi connectivity index (χ1n) is 7.10. The lowest BCUT2D eigenvalue weighted by Crippen LogP contribution is -2.48. The fourth-order valence-electron chi connectivity index (χ4n) is 1.83. The Kier molecular flexibility index (Phi) is 4.92. The van der Waals surface area contributed by atoms with Gasteiger partial charge in [0.25, 0.3) is 5.91 Å². The number of rotatable bonds is 4. The van der Waals surface area contributed by atoms with E-state index in [9.17, 15) is 14.4 Å². The van der Waals surface area contributed by atoms with Gasteiger partial charge in [0.05, 0.1) is 0 Å². The predicted octanol–water partition coefficient (Wildman–Crippen LogP) is 0.679. The highest BCUT2D eigenvalue weighted by Crippen LogP contribution is 2.18. The number of hydrogen-bond donors (Lipinski definition) is 3. The van der Waals surface area contributed by atoms with E-state index in [1.807, 2.05) is 12.1 Å². The van der Waals surface area contributed by atoms with Crippen LogP contribution >= 0.6 is 0 Å². The zero-order valence-electron chi connectivity index (χ0n) is 11.9. The van der Waals surface area contributed by atoms with Crippen LogP contribution in [0.1, 0.15) is 42.1 Å². The predicted molar refractivity (Wildman–Crippen MR) is 77.2 cm³/mol. The molecule has 1 aliphatic rings. The minimum atomic E-state index is -0.863. The number of carbonyl (C=O) groups excluding carboxylic acids is 3. The molecular formula is C15H19N3O3. The van der Waals surface area contributed by atoms with E-state index in [1.54, 1.807) is 12.1 Å². The van der Waals surface area contributed by atoms with Gasteiger partial charge >= 0.3 is 11.8 Å². The second kappa shape index (κ2) is 6.88. The zero-order chi connectivity index (χ0) is 15.2. The Morgan fingerprint density at radius 1 is 1.05 bits per heavy atom. The molecule has 1 fully saturated rings. The van der Waals surface area contributed by atoms with Crippen molar-refractivity contribution in [2.24, 2.45) is 0 Å². The quantitative estimate of drug-likeness (QED) is 0.562. The third-order valence-corrected chi connectivity index (χ3v) is 3.16. The molecule has 0 atom stereocenters. The van der Waals surface area contributed by atoms with E-state index < -0.39 is 17.7 Å².